The molecule has 17 heavy (non-hydrogen) atoms. The highest BCUT2D eigenvalue weighted by molar-refractivity contribution is 7.09. The molecular formula is C11H15N3O2S. The molecule has 1 saturated heterocycles. The third-order valence-corrected chi connectivity index (χ3v) is 3.55. The Morgan fingerprint density at radius 3 is 3.06 bits per heavy atom. The molecule has 2 rings (SSSR count). The second kappa shape index (κ2) is 5.27. The zero-order valence-corrected chi connectivity index (χ0v) is 10.5. The molecule has 2 amide bonds. The van der Waals surface area contributed by atoms with Gasteiger partial charge in [0, 0.05) is 11.1 Å². The standard InChI is InChI=1S/C11H15N3O2S/c1-2-3-9-11(16)13-5-10(15)14(9)6-8-4-12-7-17-8/h4,7,9H,2-3,5-6H2,1H3,(H,13,16). The number of nitrogens with zero attached hydrogens (tertiary/aromatic N) is 2. The van der Waals surface area contributed by atoms with Crippen LogP contribution in [0.1, 0.15) is 24.6 Å². The van der Waals surface area contributed by atoms with Gasteiger partial charge >= 0.3 is 0 Å². The molecule has 1 aliphatic rings. The summed E-state index contributed by atoms with van der Waals surface area (Å²) in [5.74, 6) is -0.0626. The maximum absolute atomic E-state index is 11.8. The van der Waals surface area contributed by atoms with Crippen LogP contribution in [-0.2, 0) is 16.1 Å². The van der Waals surface area contributed by atoms with Crippen LogP contribution in [0, 0.1) is 0 Å². The van der Waals surface area contributed by atoms with Crippen LogP contribution >= 0.6 is 11.3 Å². The highest BCUT2D eigenvalue weighted by atomic mass is 32.1. The van der Waals surface area contributed by atoms with Crippen molar-refractivity contribution >= 4 is 23.2 Å². The Morgan fingerprint density at radius 1 is 1.59 bits per heavy atom. The van der Waals surface area contributed by atoms with E-state index in [0.717, 1.165) is 11.3 Å². The zero-order chi connectivity index (χ0) is 12.3. The molecule has 1 unspecified atom stereocenters. The number of thiazole rings is 1. The maximum Gasteiger partial charge on any atom is 0.243 e. The van der Waals surface area contributed by atoms with Crippen molar-refractivity contribution < 1.29 is 9.59 Å². The van der Waals surface area contributed by atoms with Crippen molar-refractivity contribution in [2.75, 3.05) is 6.54 Å². The number of aromatic nitrogens is 1. The molecule has 1 aromatic heterocycles. The third-order valence-electron chi connectivity index (χ3n) is 2.78. The smallest absolute Gasteiger partial charge is 0.243 e. The lowest BCUT2D eigenvalue weighted by Crippen LogP contribution is -2.57. The summed E-state index contributed by atoms with van der Waals surface area (Å²) < 4.78 is 0. The Balaban J connectivity index is 2.13. The lowest BCUT2D eigenvalue weighted by atomic mass is 10.1. The van der Waals surface area contributed by atoms with Crippen LogP contribution in [0.5, 0.6) is 0 Å². The maximum atomic E-state index is 11.8. The molecule has 1 aromatic rings. The first-order valence-corrected chi connectivity index (χ1v) is 6.55. The van der Waals surface area contributed by atoms with Crippen LogP contribution in [0.4, 0.5) is 0 Å². The second-order valence-corrected chi connectivity index (χ2v) is 4.98. The van der Waals surface area contributed by atoms with Gasteiger partial charge in [-0.25, -0.2) is 0 Å². The summed E-state index contributed by atoms with van der Waals surface area (Å²) in [5, 5.41) is 2.63. The van der Waals surface area contributed by atoms with E-state index in [4.69, 9.17) is 0 Å². The molecule has 6 heteroatoms. The van der Waals surface area contributed by atoms with E-state index in [0.29, 0.717) is 13.0 Å². The fraction of sp³-hybridized carbons (Fsp3) is 0.545. The van der Waals surface area contributed by atoms with Gasteiger partial charge in [0.2, 0.25) is 11.8 Å². The molecule has 1 N–H and O–H groups in total. The number of rotatable bonds is 4. The fourth-order valence-electron chi connectivity index (χ4n) is 1.94. The lowest BCUT2D eigenvalue weighted by molar-refractivity contribution is -0.146. The van der Waals surface area contributed by atoms with Gasteiger partial charge in [-0.1, -0.05) is 13.3 Å². The first kappa shape index (κ1) is 12.0. The van der Waals surface area contributed by atoms with Crippen molar-refractivity contribution in [3.8, 4) is 0 Å². The third kappa shape index (κ3) is 2.63. The molecular weight excluding hydrogens is 238 g/mol. The van der Waals surface area contributed by atoms with E-state index >= 15 is 0 Å². The van der Waals surface area contributed by atoms with Crippen molar-refractivity contribution in [1.82, 2.24) is 15.2 Å². The zero-order valence-electron chi connectivity index (χ0n) is 9.68. The Bertz CT molecular complexity index is 405. The first-order valence-electron chi connectivity index (χ1n) is 5.67. The molecule has 92 valence electrons. The highest BCUT2D eigenvalue weighted by Gasteiger charge is 2.33. The molecule has 1 atom stereocenters. The lowest BCUT2D eigenvalue weighted by Gasteiger charge is -2.34. The normalized spacial score (nSPS) is 20.5. The summed E-state index contributed by atoms with van der Waals surface area (Å²) in [5.41, 5.74) is 1.73. The van der Waals surface area contributed by atoms with E-state index in [-0.39, 0.29) is 24.4 Å². The SMILES string of the molecule is CCCC1C(=O)NCC(=O)N1Cc1cncs1. The predicted molar refractivity (Wildman–Crippen MR) is 64.4 cm³/mol. The van der Waals surface area contributed by atoms with Gasteiger partial charge in [-0.05, 0) is 6.42 Å². The van der Waals surface area contributed by atoms with E-state index in [1.807, 2.05) is 6.92 Å². The number of hydrogen-bond donors (Lipinski definition) is 1. The summed E-state index contributed by atoms with van der Waals surface area (Å²) in [4.78, 5) is 30.3. The van der Waals surface area contributed by atoms with E-state index in [9.17, 15) is 9.59 Å². The summed E-state index contributed by atoms with van der Waals surface area (Å²) in [6, 6.07) is -0.330. The minimum atomic E-state index is -0.330. The summed E-state index contributed by atoms with van der Waals surface area (Å²) in [6.07, 6.45) is 3.33. The van der Waals surface area contributed by atoms with Crippen molar-refractivity contribution in [2.45, 2.75) is 32.4 Å². The van der Waals surface area contributed by atoms with Gasteiger partial charge in [-0.3, -0.25) is 14.6 Å². The average molecular weight is 253 g/mol. The summed E-state index contributed by atoms with van der Waals surface area (Å²) >= 11 is 1.50. The van der Waals surface area contributed by atoms with E-state index in [2.05, 4.69) is 10.3 Å². The highest BCUT2D eigenvalue weighted by Crippen LogP contribution is 2.17. The van der Waals surface area contributed by atoms with Crippen LogP contribution in [-0.4, -0.2) is 34.3 Å². The Hall–Kier alpha value is -1.43. The van der Waals surface area contributed by atoms with Crippen LogP contribution in [0.2, 0.25) is 0 Å². The monoisotopic (exact) mass is 253 g/mol. The Kier molecular flexibility index (Phi) is 3.73. The molecule has 0 aromatic carbocycles. The first-order chi connectivity index (χ1) is 8.22. The van der Waals surface area contributed by atoms with Gasteiger partial charge in [-0.15, -0.1) is 11.3 Å². The van der Waals surface area contributed by atoms with Crippen molar-refractivity contribution in [1.29, 1.82) is 0 Å². The molecule has 0 bridgehead atoms. The summed E-state index contributed by atoms with van der Waals surface area (Å²) in [6.45, 7) is 2.61. The molecule has 0 aliphatic carbocycles. The van der Waals surface area contributed by atoms with Gasteiger partial charge in [-0.2, -0.15) is 0 Å². The fourth-order valence-corrected chi connectivity index (χ4v) is 2.54. The van der Waals surface area contributed by atoms with Crippen molar-refractivity contribution in [2.24, 2.45) is 0 Å². The molecule has 5 nitrogen and oxygen atoms in total. The van der Waals surface area contributed by atoms with Gasteiger partial charge < -0.3 is 10.2 Å². The molecule has 0 radical (unpaired) electrons. The van der Waals surface area contributed by atoms with Crippen LogP contribution in [0.3, 0.4) is 0 Å². The summed E-state index contributed by atoms with van der Waals surface area (Å²) in [7, 11) is 0. The molecule has 1 aliphatic heterocycles. The van der Waals surface area contributed by atoms with Crippen LogP contribution in [0.15, 0.2) is 11.7 Å². The quantitative estimate of drug-likeness (QED) is 0.862. The molecule has 0 saturated carbocycles. The average Bonchev–Trinajstić information content (AvgIpc) is 2.81. The largest absolute Gasteiger partial charge is 0.345 e. The topological polar surface area (TPSA) is 62.3 Å². The number of hydrogen-bond acceptors (Lipinski definition) is 4. The molecule has 2 heterocycles. The Labute approximate surface area is 104 Å². The molecule has 0 spiro atoms. The van der Waals surface area contributed by atoms with Crippen molar-refractivity contribution in [3.05, 3.63) is 16.6 Å². The number of piperazine rings is 1. The van der Waals surface area contributed by atoms with Gasteiger partial charge in [0.25, 0.3) is 0 Å². The van der Waals surface area contributed by atoms with Crippen LogP contribution in [0.25, 0.3) is 0 Å². The number of nitrogens with one attached hydrogen (secondary N) is 1. The number of amides is 2. The second-order valence-electron chi connectivity index (χ2n) is 4.01. The minimum Gasteiger partial charge on any atom is -0.345 e. The number of carbonyl (C=O) groups is 2. The van der Waals surface area contributed by atoms with Gasteiger partial charge in [0.05, 0.1) is 18.6 Å². The van der Waals surface area contributed by atoms with Crippen molar-refractivity contribution in [3.63, 3.8) is 0 Å². The molecule has 1 fully saturated rings. The van der Waals surface area contributed by atoms with E-state index < -0.39 is 0 Å². The van der Waals surface area contributed by atoms with Gasteiger partial charge in [0.1, 0.15) is 6.04 Å². The van der Waals surface area contributed by atoms with Gasteiger partial charge in [0.15, 0.2) is 0 Å². The van der Waals surface area contributed by atoms with E-state index in [1.165, 1.54) is 11.3 Å². The predicted octanol–water partition coefficient (Wildman–Crippen LogP) is 0.770. The van der Waals surface area contributed by atoms with E-state index in [1.54, 1.807) is 16.6 Å². The minimum absolute atomic E-state index is 0.0172. The number of carbonyl (C=O) groups excluding carboxylic acids is 2. The Morgan fingerprint density at radius 2 is 2.41 bits per heavy atom. The van der Waals surface area contributed by atoms with Crippen LogP contribution < -0.4 is 5.32 Å².